The Morgan fingerprint density at radius 2 is 2.18 bits per heavy atom. The molecule has 2 saturated heterocycles. The standard InChI is InChI=1S/C19H27ClN2O5S/c1-2-26-17-8-7-15(20)11-18(17)28(24,25)22-9-3-5-14(13-22)19(23)21-12-16-6-4-10-27-16/h7-8,11,14,16H,2-6,9-10,12-13H2,1H3,(H,21,23)/t14-,16+/m0/s1. The van der Waals surface area contributed by atoms with Gasteiger partial charge in [-0.15, -0.1) is 0 Å². The van der Waals surface area contributed by atoms with Crippen molar-refractivity contribution in [2.45, 2.75) is 43.6 Å². The molecule has 2 atom stereocenters. The summed E-state index contributed by atoms with van der Waals surface area (Å²) in [7, 11) is -3.82. The second-order valence-corrected chi connectivity index (χ2v) is 9.45. The zero-order valence-corrected chi connectivity index (χ0v) is 17.6. The Morgan fingerprint density at radius 1 is 1.36 bits per heavy atom. The van der Waals surface area contributed by atoms with Crippen molar-refractivity contribution in [3.8, 4) is 5.75 Å². The molecule has 0 bridgehead atoms. The molecule has 28 heavy (non-hydrogen) atoms. The fraction of sp³-hybridized carbons (Fsp3) is 0.632. The second kappa shape index (κ2) is 9.43. The third kappa shape index (κ3) is 4.97. The summed E-state index contributed by atoms with van der Waals surface area (Å²) in [6.45, 7) is 3.87. The first kappa shape index (κ1) is 21.4. The molecule has 7 nitrogen and oxygen atoms in total. The maximum atomic E-state index is 13.2. The van der Waals surface area contributed by atoms with E-state index in [0.717, 1.165) is 19.4 Å². The molecule has 1 N–H and O–H groups in total. The number of halogens is 1. The number of hydrogen-bond donors (Lipinski definition) is 1. The normalized spacial score (nSPS) is 23.5. The van der Waals surface area contributed by atoms with Gasteiger partial charge in [0.05, 0.1) is 18.6 Å². The van der Waals surface area contributed by atoms with E-state index in [4.69, 9.17) is 21.1 Å². The topological polar surface area (TPSA) is 84.9 Å². The van der Waals surface area contributed by atoms with Gasteiger partial charge in [-0.05, 0) is 50.8 Å². The Kier molecular flexibility index (Phi) is 7.20. The molecule has 156 valence electrons. The number of carbonyl (C=O) groups excluding carboxylic acids is 1. The van der Waals surface area contributed by atoms with Gasteiger partial charge in [0.1, 0.15) is 10.6 Å². The van der Waals surface area contributed by atoms with Crippen molar-refractivity contribution in [2.75, 3.05) is 32.8 Å². The van der Waals surface area contributed by atoms with Crippen molar-refractivity contribution in [2.24, 2.45) is 5.92 Å². The number of rotatable bonds is 7. The van der Waals surface area contributed by atoms with Crippen LogP contribution in [0.25, 0.3) is 0 Å². The molecule has 0 unspecified atom stereocenters. The summed E-state index contributed by atoms with van der Waals surface area (Å²) in [5.74, 6) is -0.219. The highest BCUT2D eigenvalue weighted by atomic mass is 35.5. The molecule has 1 amide bonds. The summed E-state index contributed by atoms with van der Waals surface area (Å²) in [6, 6.07) is 4.57. The quantitative estimate of drug-likeness (QED) is 0.718. The largest absolute Gasteiger partial charge is 0.492 e. The summed E-state index contributed by atoms with van der Waals surface area (Å²) in [5, 5.41) is 3.24. The van der Waals surface area contributed by atoms with Gasteiger partial charge >= 0.3 is 0 Å². The summed E-state index contributed by atoms with van der Waals surface area (Å²) >= 11 is 6.03. The predicted molar refractivity (Wildman–Crippen MR) is 106 cm³/mol. The highest BCUT2D eigenvalue weighted by molar-refractivity contribution is 7.89. The first-order valence-electron chi connectivity index (χ1n) is 9.73. The lowest BCUT2D eigenvalue weighted by molar-refractivity contribution is -0.126. The van der Waals surface area contributed by atoms with Crippen LogP contribution in [-0.2, 0) is 19.6 Å². The first-order chi connectivity index (χ1) is 13.4. The number of nitrogens with one attached hydrogen (secondary N) is 1. The average Bonchev–Trinajstić information content (AvgIpc) is 3.21. The molecule has 2 aliphatic heterocycles. The summed E-state index contributed by atoms with van der Waals surface area (Å²) in [6.07, 6.45) is 3.31. The highest BCUT2D eigenvalue weighted by Crippen LogP contribution is 2.32. The van der Waals surface area contributed by atoms with Crippen LogP contribution in [0.2, 0.25) is 5.02 Å². The number of amides is 1. The van der Waals surface area contributed by atoms with Crippen LogP contribution in [0.1, 0.15) is 32.6 Å². The average molecular weight is 431 g/mol. The minimum absolute atomic E-state index is 0.0438. The smallest absolute Gasteiger partial charge is 0.246 e. The summed E-state index contributed by atoms with van der Waals surface area (Å²) in [4.78, 5) is 12.6. The fourth-order valence-corrected chi connectivity index (χ4v) is 5.55. The van der Waals surface area contributed by atoms with Crippen LogP contribution in [0.5, 0.6) is 5.75 Å². The molecule has 2 fully saturated rings. The van der Waals surface area contributed by atoms with Gasteiger partial charge in [0.2, 0.25) is 15.9 Å². The zero-order valence-electron chi connectivity index (χ0n) is 16.0. The second-order valence-electron chi connectivity index (χ2n) is 7.11. The van der Waals surface area contributed by atoms with Crippen LogP contribution in [0.3, 0.4) is 0 Å². The molecular weight excluding hydrogens is 404 g/mol. The van der Waals surface area contributed by atoms with Crippen LogP contribution in [-0.4, -0.2) is 57.6 Å². The van der Waals surface area contributed by atoms with E-state index in [2.05, 4.69) is 5.32 Å². The van der Waals surface area contributed by atoms with Gasteiger partial charge in [-0.3, -0.25) is 4.79 Å². The fourth-order valence-electron chi connectivity index (χ4n) is 3.64. The number of nitrogens with zero attached hydrogens (tertiary/aromatic N) is 1. The maximum absolute atomic E-state index is 13.2. The van der Waals surface area contributed by atoms with Gasteiger partial charge in [-0.25, -0.2) is 8.42 Å². The van der Waals surface area contributed by atoms with Crippen LogP contribution >= 0.6 is 11.6 Å². The van der Waals surface area contributed by atoms with Gasteiger partial charge in [-0.1, -0.05) is 11.6 Å². The van der Waals surface area contributed by atoms with Gasteiger partial charge in [0.15, 0.2) is 0 Å². The van der Waals surface area contributed by atoms with Crippen LogP contribution in [0.15, 0.2) is 23.1 Å². The number of benzene rings is 1. The van der Waals surface area contributed by atoms with E-state index in [1.165, 1.54) is 10.4 Å². The number of ether oxygens (including phenoxy) is 2. The monoisotopic (exact) mass is 430 g/mol. The number of carbonyl (C=O) groups is 1. The van der Waals surface area contributed by atoms with Crippen molar-refractivity contribution in [1.29, 1.82) is 0 Å². The molecule has 0 aromatic heterocycles. The van der Waals surface area contributed by atoms with Crippen molar-refractivity contribution in [1.82, 2.24) is 9.62 Å². The molecule has 3 rings (SSSR count). The van der Waals surface area contributed by atoms with Gasteiger partial charge in [-0.2, -0.15) is 4.31 Å². The zero-order chi connectivity index (χ0) is 20.1. The van der Waals surface area contributed by atoms with E-state index in [1.807, 2.05) is 0 Å². The molecular formula is C19H27ClN2O5S. The Bertz CT molecular complexity index is 796. The Balaban J connectivity index is 1.70. The SMILES string of the molecule is CCOc1ccc(Cl)cc1S(=O)(=O)N1CCC[C@H](C(=O)NC[C@H]2CCCO2)C1. The number of sulfonamides is 1. The summed E-state index contributed by atoms with van der Waals surface area (Å²) in [5.41, 5.74) is 0. The van der Waals surface area contributed by atoms with Crippen molar-refractivity contribution in [3.05, 3.63) is 23.2 Å². The predicted octanol–water partition coefficient (Wildman–Crippen LogP) is 2.43. The molecule has 0 aliphatic carbocycles. The van der Waals surface area contributed by atoms with E-state index in [0.29, 0.717) is 37.6 Å². The summed E-state index contributed by atoms with van der Waals surface area (Å²) < 4.78 is 38.8. The van der Waals surface area contributed by atoms with E-state index in [9.17, 15) is 13.2 Å². The Hall–Kier alpha value is -1.35. The van der Waals surface area contributed by atoms with Crippen LogP contribution < -0.4 is 10.1 Å². The third-order valence-electron chi connectivity index (χ3n) is 5.11. The van der Waals surface area contributed by atoms with Crippen LogP contribution in [0, 0.1) is 5.92 Å². The van der Waals surface area contributed by atoms with Crippen molar-refractivity contribution >= 4 is 27.5 Å². The Morgan fingerprint density at radius 3 is 2.89 bits per heavy atom. The van der Waals surface area contributed by atoms with E-state index < -0.39 is 10.0 Å². The lowest BCUT2D eigenvalue weighted by Crippen LogP contribution is -2.46. The minimum atomic E-state index is -3.82. The molecule has 2 aliphatic rings. The van der Waals surface area contributed by atoms with Gasteiger partial charge in [0.25, 0.3) is 0 Å². The van der Waals surface area contributed by atoms with Gasteiger partial charge < -0.3 is 14.8 Å². The first-order valence-corrected chi connectivity index (χ1v) is 11.6. The maximum Gasteiger partial charge on any atom is 0.246 e. The molecule has 1 aromatic carbocycles. The highest BCUT2D eigenvalue weighted by Gasteiger charge is 2.35. The third-order valence-corrected chi connectivity index (χ3v) is 7.23. The number of hydrogen-bond acceptors (Lipinski definition) is 5. The van der Waals surface area contributed by atoms with E-state index in [-0.39, 0.29) is 35.1 Å². The molecule has 9 heteroatoms. The minimum Gasteiger partial charge on any atom is -0.492 e. The van der Waals surface area contributed by atoms with Crippen molar-refractivity contribution < 1.29 is 22.7 Å². The molecule has 0 saturated carbocycles. The molecule has 0 radical (unpaired) electrons. The van der Waals surface area contributed by atoms with E-state index in [1.54, 1.807) is 19.1 Å². The Labute approximate surface area is 171 Å². The lowest BCUT2D eigenvalue weighted by atomic mass is 9.99. The molecule has 2 heterocycles. The molecule has 1 aromatic rings. The van der Waals surface area contributed by atoms with Crippen molar-refractivity contribution in [3.63, 3.8) is 0 Å². The lowest BCUT2D eigenvalue weighted by Gasteiger charge is -2.31. The van der Waals surface area contributed by atoms with Gasteiger partial charge in [0, 0.05) is 31.3 Å². The number of piperidine rings is 1. The van der Waals surface area contributed by atoms with Crippen LogP contribution in [0.4, 0.5) is 0 Å². The van der Waals surface area contributed by atoms with E-state index >= 15 is 0 Å². The molecule has 0 spiro atoms.